The van der Waals surface area contributed by atoms with E-state index >= 15 is 0 Å². The first-order valence-corrected chi connectivity index (χ1v) is 7.05. The van der Waals surface area contributed by atoms with E-state index in [2.05, 4.69) is 40.6 Å². The molecule has 21 heavy (non-hydrogen) atoms. The molecule has 0 amide bonds. The van der Waals surface area contributed by atoms with E-state index in [1.165, 1.54) is 5.69 Å². The summed E-state index contributed by atoms with van der Waals surface area (Å²) >= 11 is 0. The second-order valence-corrected chi connectivity index (χ2v) is 4.96. The van der Waals surface area contributed by atoms with Crippen molar-refractivity contribution >= 4 is 17.1 Å². The molecule has 0 atom stereocenters. The van der Waals surface area contributed by atoms with E-state index in [4.69, 9.17) is 10.00 Å². The molecule has 1 fully saturated rings. The van der Waals surface area contributed by atoms with Gasteiger partial charge >= 0.3 is 0 Å². The zero-order valence-corrected chi connectivity index (χ0v) is 11.7. The molecule has 1 heterocycles. The van der Waals surface area contributed by atoms with Gasteiger partial charge in [-0.15, -0.1) is 0 Å². The van der Waals surface area contributed by atoms with Crippen molar-refractivity contribution in [2.24, 2.45) is 0 Å². The molecule has 0 unspecified atom stereocenters. The molecule has 0 aliphatic carbocycles. The van der Waals surface area contributed by atoms with Gasteiger partial charge in [0.25, 0.3) is 0 Å². The molecule has 4 heteroatoms. The van der Waals surface area contributed by atoms with Gasteiger partial charge in [0.2, 0.25) is 0 Å². The topological polar surface area (TPSA) is 48.3 Å². The van der Waals surface area contributed by atoms with Crippen LogP contribution in [0.4, 0.5) is 17.1 Å². The molecule has 1 aliphatic rings. The number of nitrogens with zero attached hydrogens (tertiary/aromatic N) is 2. The van der Waals surface area contributed by atoms with Gasteiger partial charge in [0.1, 0.15) is 0 Å². The summed E-state index contributed by atoms with van der Waals surface area (Å²) in [5.41, 5.74) is 3.81. The molecular formula is C17H17N3O. The number of ether oxygens (including phenoxy) is 1. The zero-order valence-electron chi connectivity index (χ0n) is 11.7. The first kappa shape index (κ1) is 13.5. The number of hydrogen-bond donors (Lipinski definition) is 1. The number of anilines is 3. The molecule has 106 valence electrons. The van der Waals surface area contributed by atoms with Gasteiger partial charge in [-0.25, -0.2) is 0 Å². The minimum atomic E-state index is 0.657. The van der Waals surface area contributed by atoms with Crippen molar-refractivity contribution in [3.63, 3.8) is 0 Å². The van der Waals surface area contributed by atoms with Crippen molar-refractivity contribution in [3.05, 3.63) is 54.1 Å². The maximum atomic E-state index is 8.92. The van der Waals surface area contributed by atoms with Crippen LogP contribution in [-0.2, 0) is 4.74 Å². The summed E-state index contributed by atoms with van der Waals surface area (Å²) in [6.45, 7) is 3.47. The van der Waals surface area contributed by atoms with Crippen LogP contribution in [0.1, 0.15) is 5.56 Å². The van der Waals surface area contributed by atoms with Gasteiger partial charge in [-0.2, -0.15) is 5.26 Å². The van der Waals surface area contributed by atoms with E-state index in [1.807, 2.05) is 18.2 Å². The van der Waals surface area contributed by atoms with Crippen LogP contribution in [0, 0.1) is 11.3 Å². The SMILES string of the molecule is N#Cc1cccc(Nc2ccc(N3CCOCC3)cc2)c1. The summed E-state index contributed by atoms with van der Waals surface area (Å²) in [5.74, 6) is 0. The average Bonchev–Trinajstić information content (AvgIpc) is 2.56. The fraction of sp³-hybridized carbons (Fsp3) is 0.235. The van der Waals surface area contributed by atoms with Crippen LogP contribution in [0.2, 0.25) is 0 Å². The number of nitrogens with one attached hydrogen (secondary N) is 1. The van der Waals surface area contributed by atoms with Crippen LogP contribution in [-0.4, -0.2) is 26.3 Å². The summed E-state index contributed by atoms with van der Waals surface area (Å²) in [5, 5.41) is 12.2. The molecule has 0 saturated carbocycles. The Bertz CT molecular complexity index is 640. The van der Waals surface area contributed by atoms with E-state index < -0.39 is 0 Å². The van der Waals surface area contributed by atoms with E-state index in [0.717, 1.165) is 37.7 Å². The molecule has 2 aromatic rings. The maximum absolute atomic E-state index is 8.92. The van der Waals surface area contributed by atoms with Crippen LogP contribution < -0.4 is 10.2 Å². The Morgan fingerprint density at radius 1 is 1.00 bits per heavy atom. The van der Waals surface area contributed by atoms with Crippen LogP contribution in [0.15, 0.2) is 48.5 Å². The van der Waals surface area contributed by atoms with Crippen molar-refractivity contribution in [1.29, 1.82) is 5.26 Å². The lowest BCUT2D eigenvalue weighted by Gasteiger charge is -2.28. The number of benzene rings is 2. The predicted octanol–water partition coefficient (Wildman–Crippen LogP) is 3.14. The Morgan fingerprint density at radius 3 is 2.48 bits per heavy atom. The molecule has 3 rings (SSSR count). The third kappa shape index (κ3) is 3.33. The molecule has 1 aliphatic heterocycles. The van der Waals surface area contributed by atoms with Crippen molar-refractivity contribution in [3.8, 4) is 6.07 Å². The van der Waals surface area contributed by atoms with E-state index in [0.29, 0.717) is 5.56 Å². The Labute approximate surface area is 124 Å². The molecule has 0 aromatic heterocycles. The second kappa shape index (κ2) is 6.29. The van der Waals surface area contributed by atoms with E-state index in [9.17, 15) is 0 Å². The minimum absolute atomic E-state index is 0.657. The fourth-order valence-electron chi connectivity index (χ4n) is 2.41. The minimum Gasteiger partial charge on any atom is -0.378 e. The van der Waals surface area contributed by atoms with Crippen LogP contribution in [0.3, 0.4) is 0 Å². The third-order valence-electron chi connectivity index (χ3n) is 3.52. The highest BCUT2D eigenvalue weighted by Crippen LogP contribution is 2.22. The Balaban J connectivity index is 1.70. The first-order valence-electron chi connectivity index (χ1n) is 7.05. The van der Waals surface area contributed by atoms with E-state index in [-0.39, 0.29) is 0 Å². The van der Waals surface area contributed by atoms with Gasteiger partial charge in [-0.05, 0) is 42.5 Å². The summed E-state index contributed by atoms with van der Waals surface area (Å²) in [7, 11) is 0. The summed E-state index contributed by atoms with van der Waals surface area (Å²) < 4.78 is 5.37. The smallest absolute Gasteiger partial charge is 0.0992 e. The van der Waals surface area contributed by atoms with Crippen molar-refractivity contribution in [2.45, 2.75) is 0 Å². The van der Waals surface area contributed by atoms with Crippen LogP contribution >= 0.6 is 0 Å². The van der Waals surface area contributed by atoms with Gasteiger partial charge < -0.3 is 15.0 Å². The number of hydrogen-bond acceptors (Lipinski definition) is 4. The third-order valence-corrected chi connectivity index (χ3v) is 3.52. The van der Waals surface area contributed by atoms with Gasteiger partial charge in [0.05, 0.1) is 24.8 Å². The zero-order chi connectivity index (χ0) is 14.5. The highest BCUT2D eigenvalue weighted by Gasteiger charge is 2.10. The second-order valence-electron chi connectivity index (χ2n) is 4.96. The Morgan fingerprint density at radius 2 is 1.76 bits per heavy atom. The van der Waals surface area contributed by atoms with Crippen LogP contribution in [0.5, 0.6) is 0 Å². The fourth-order valence-corrected chi connectivity index (χ4v) is 2.41. The number of rotatable bonds is 3. The lowest BCUT2D eigenvalue weighted by Crippen LogP contribution is -2.36. The summed E-state index contributed by atoms with van der Waals surface area (Å²) in [6.07, 6.45) is 0. The largest absolute Gasteiger partial charge is 0.378 e. The molecule has 0 bridgehead atoms. The molecule has 4 nitrogen and oxygen atoms in total. The highest BCUT2D eigenvalue weighted by atomic mass is 16.5. The predicted molar refractivity (Wildman–Crippen MR) is 83.9 cm³/mol. The summed E-state index contributed by atoms with van der Waals surface area (Å²) in [6, 6.07) is 18.0. The molecule has 1 N–H and O–H groups in total. The monoisotopic (exact) mass is 279 g/mol. The summed E-state index contributed by atoms with van der Waals surface area (Å²) in [4.78, 5) is 2.32. The van der Waals surface area contributed by atoms with Crippen molar-refractivity contribution in [2.75, 3.05) is 36.5 Å². The normalized spacial score (nSPS) is 14.5. The number of morpholine rings is 1. The van der Waals surface area contributed by atoms with Gasteiger partial charge in [0, 0.05) is 30.2 Å². The lowest BCUT2D eigenvalue weighted by molar-refractivity contribution is 0.122. The van der Waals surface area contributed by atoms with Crippen molar-refractivity contribution < 1.29 is 4.74 Å². The van der Waals surface area contributed by atoms with Gasteiger partial charge in [-0.1, -0.05) is 6.07 Å². The maximum Gasteiger partial charge on any atom is 0.0992 e. The van der Waals surface area contributed by atoms with E-state index in [1.54, 1.807) is 6.07 Å². The molecular weight excluding hydrogens is 262 g/mol. The van der Waals surface area contributed by atoms with Gasteiger partial charge in [-0.3, -0.25) is 0 Å². The molecule has 0 radical (unpaired) electrons. The average molecular weight is 279 g/mol. The molecule has 0 spiro atoms. The first-order chi connectivity index (χ1) is 10.3. The Hall–Kier alpha value is -2.51. The highest BCUT2D eigenvalue weighted by molar-refractivity contribution is 5.64. The molecule has 1 saturated heterocycles. The van der Waals surface area contributed by atoms with Crippen LogP contribution in [0.25, 0.3) is 0 Å². The Kier molecular flexibility index (Phi) is 4.04. The number of nitriles is 1. The standard InChI is InChI=1S/C17H17N3O/c18-13-14-2-1-3-16(12-14)19-15-4-6-17(7-5-15)20-8-10-21-11-9-20/h1-7,12,19H,8-11H2. The van der Waals surface area contributed by atoms with Gasteiger partial charge in [0.15, 0.2) is 0 Å². The van der Waals surface area contributed by atoms with Crippen molar-refractivity contribution in [1.82, 2.24) is 0 Å². The molecule has 2 aromatic carbocycles. The quantitative estimate of drug-likeness (QED) is 0.937. The lowest BCUT2D eigenvalue weighted by atomic mass is 10.2.